The number of carboxylic acid groups (broad SMARTS) is 1. The zero-order valence-electron chi connectivity index (χ0n) is 30.4. The van der Waals surface area contributed by atoms with Gasteiger partial charge >= 0.3 is 6.03 Å². The first-order chi connectivity index (χ1) is 23.8. The van der Waals surface area contributed by atoms with E-state index in [0.717, 1.165) is 29.8 Å². The van der Waals surface area contributed by atoms with Gasteiger partial charge in [-0.15, -0.1) is 0 Å². The molecule has 0 aliphatic rings. The fraction of sp³-hybridized carbons (Fsp3) is 0.344. The van der Waals surface area contributed by atoms with Gasteiger partial charge in [-0.1, -0.05) is 10.3 Å². The van der Waals surface area contributed by atoms with Gasteiger partial charge in [0.25, 0.3) is 5.97 Å². The van der Waals surface area contributed by atoms with E-state index in [0.29, 0.717) is 0 Å². The third-order valence-corrected chi connectivity index (χ3v) is 4.31. The molecule has 5 aromatic rings. The first-order valence-corrected chi connectivity index (χ1v) is 14.6. The van der Waals surface area contributed by atoms with Gasteiger partial charge in [-0.05, 0) is 55.4 Å². The van der Waals surface area contributed by atoms with Gasteiger partial charge in [-0.3, -0.25) is 32.9 Å². The van der Waals surface area contributed by atoms with Crippen molar-refractivity contribution in [2.45, 2.75) is 75.7 Å². The minimum Gasteiger partial charge on any atom is -0.481 e. The van der Waals surface area contributed by atoms with E-state index in [1.54, 1.807) is 37.2 Å². The summed E-state index contributed by atoms with van der Waals surface area (Å²) in [5.74, 6) is 4.44. The summed E-state index contributed by atoms with van der Waals surface area (Å²) >= 11 is 0. The minimum atomic E-state index is -0.833. The minimum absolute atomic E-state index is 0.0116. The van der Waals surface area contributed by atoms with Crippen molar-refractivity contribution in [2.75, 3.05) is 0 Å². The molecule has 0 amide bonds. The Morgan fingerprint density at radius 1 is 0.627 bits per heavy atom. The summed E-state index contributed by atoms with van der Waals surface area (Å²) in [4.78, 5) is 71.6. The number of carbonyl (C=O) groups is 6. The second-order valence-electron chi connectivity index (χ2n) is 9.88. The Kier molecular flexibility index (Phi) is 28.8. The van der Waals surface area contributed by atoms with E-state index in [9.17, 15) is 24.0 Å². The number of nitrogens with two attached hydrogens (primary N) is 1. The molecule has 0 aromatic carbocycles. The molecular weight excluding hydrogens is 670 g/mol. The third-order valence-electron chi connectivity index (χ3n) is 4.31. The first kappa shape index (κ1) is 49.2. The summed E-state index contributed by atoms with van der Waals surface area (Å²) in [6.45, 7) is 16.0. The lowest BCUT2D eigenvalue weighted by Gasteiger charge is -1.98. The number of nitrogens with zero attached hydrogens (tertiary/aromatic N) is 8. The van der Waals surface area contributed by atoms with E-state index in [4.69, 9.17) is 24.2 Å². The van der Waals surface area contributed by atoms with Crippen molar-refractivity contribution >= 4 is 35.3 Å². The van der Waals surface area contributed by atoms with Crippen molar-refractivity contribution in [2.24, 2.45) is 5.90 Å². The van der Waals surface area contributed by atoms with Crippen LogP contribution in [0.4, 0.5) is 4.79 Å². The van der Waals surface area contributed by atoms with E-state index in [2.05, 4.69) is 31.2 Å². The van der Waals surface area contributed by atoms with Gasteiger partial charge in [-0.2, -0.15) is 0 Å². The fourth-order valence-corrected chi connectivity index (χ4v) is 2.66. The zero-order chi connectivity index (χ0) is 39.9. The molecule has 4 N–H and O–H groups in total. The monoisotopic (exact) mass is 717 g/mol. The highest BCUT2D eigenvalue weighted by atomic mass is 16.5. The predicted molar refractivity (Wildman–Crippen MR) is 183 cm³/mol. The lowest BCUT2D eigenvalue weighted by Crippen LogP contribution is -2.15. The van der Waals surface area contributed by atoms with Crippen LogP contribution in [0.5, 0.6) is 0 Å². The fourth-order valence-electron chi connectivity index (χ4n) is 2.66. The molecule has 0 saturated carbocycles. The summed E-state index contributed by atoms with van der Waals surface area (Å²) in [7, 11) is 0. The number of hydrogen-bond acceptors (Lipinski definition) is 15. The number of ketones is 3. The van der Waals surface area contributed by atoms with Crippen LogP contribution in [0, 0.1) is 27.7 Å². The van der Waals surface area contributed by atoms with Crippen LogP contribution in [-0.4, -0.2) is 84.5 Å². The Hall–Kier alpha value is -6.21. The Morgan fingerprint density at radius 2 is 0.922 bits per heavy atom. The molecule has 19 nitrogen and oxygen atoms in total. The third kappa shape index (κ3) is 32.1. The van der Waals surface area contributed by atoms with Crippen molar-refractivity contribution in [1.29, 1.82) is 0 Å². The Bertz CT molecular complexity index is 1520. The number of Topliss-reactive ketones (excluding diaryl/α,β-unsaturated/α-hetero) is 3. The summed E-state index contributed by atoms with van der Waals surface area (Å²) < 4.78 is 13.6. The van der Waals surface area contributed by atoms with Crippen molar-refractivity contribution in [3.63, 3.8) is 0 Å². The quantitative estimate of drug-likeness (QED) is 0.169. The molecule has 0 saturated heterocycles. The molecule has 0 bridgehead atoms. The molecular formula is C32H47N9O10. The van der Waals surface area contributed by atoms with Crippen molar-refractivity contribution in [3.05, 3.63) is 91.2 Å². The van der Waals surface area contributed by atoms with E-state index < -0.39 is 5.97 Å². The van der Waals surface area contributed by atoms with E-state index in [1.165, 1.54) is 67.3 Å². The van der Waals surface area contributed by atoms with Crippen LogP contribution in [0.3, 0.4) is 0 Å². The van der Waals surface area contributed by atoms with Crippen LogP contribution in [0.15, 0.2) is 77.3 Å². The summed E-state index contributed by atoms with van der Waals surface area (Å²) in [6.07, 6.45) is 13.9. The lowest BCUT2D eigenvalue weighted by molar-refractivity contribution is -0.134. The Morgan fingerprint density at radius 3 is 1.04 bits per heavy atom. The van der Waals surface area contributed by atoms with E-state index in [1.807, 2.05) is 39.8 Å². The van der Waals surface area contributed by atoms with Gasteiger partial charge in [0.2, 0.25) is 5.91 Å². The number of rotatable bonds is 2. The van der Waals surface area contributed by atoms with Crippen LogP contribution >= 0.6 is 0 Å². The maximum absolute atomic E-state index is 11.4. The molecule has 5 heterocycles. The number of hydrogen-bond donors (Lipinski definition) is 3. The normalized spacial score (nSPS) is 8.63. The highest BCUT2D eigenvalue weighted by molar-refractivity contribution is 5.96. The highest BCUT2D eigenvalue weighted by Gasteiger charge is 2.04. The number of aromatic nitrogens is 8. The molecule has 0 spiro atoms. The molecule has 0 fully saturated rings. The van der Waals surface area contributed by atoms with Gasteiger partial charge in [0.05, 0.1) is 17.8 Å². The van der Waals surface area contributed by atoms with E-state index in [-0.39, 0.29) is 35.7 Å². The molecule has 0 atom stereocenters. The van der Waals surface area contributed by atoms with Crippen molar-refractivity contribution in [1.82, 2.24) is 39.0 Å². The average molecular weight is 718 g/mol. The molecule has 0 unspecified atom stereocenters. The Labute approximate surface area is 295 Å². The highest BCUT2D eigenvalue weighted by Crippen LogP contribution is 1.98. The molecule has 5 rings (SSSR count). The maximum atomic E-state index is 11.4. The SMILES string of the molecule is CC(=O)CC(C)=O.CC(=O)O.CC(=O)n1ccnc1.CC(C)=O.Cc1cc(C)on1.Cc1cc(C)on1.NO.O=C(n1ccnc1)n1ccnc1. The standard InChI is InChI=1S/C7H6N4O.C5H6N2O.2C5H7NO.C5H8O2.C3H6O.C2H4O2.H3NO/c12-7(10-3-1-8-5-10)11-4-2-9-6-11;1-5(8)7-3-2-6-4-7;2*1-4-3-5(2)7-6-4;1-4(6)3-5(2)7;1-3(2)4;1-2(3)4;1-2/h1-6H;2-4H,1H3;2*3H,1-2H3;3H2,1-2H3;1-2H3;1H3,(H,3,4);2H,1H2. The number of aliphatic carboxylic acids is 1. The van der Waals surface area contributed by atoms with Crippen LogP contribution in [0.1, 0.15) is 75.7 Å². The number of imidazole rings is 3. The molecule has 0 aliphatic carbocycles. The number of aryl methyl sites for hydroxylation is 4. The summed E-state index contributed by atoms with van der Waals surface area (Å²) in [5, 5.41) is 21.2. The largest absolute Gasteiger partial charge is 0.481 e. The predicted octanol–water partition coefficient (Wildman–Crippen LogP) is 4.30. The number of carbonyl (C=O) groups excluding carboxylic acids is 5. The second-order valence-corrected chi connectivity index (χ2v) is 9.88. The van der Waals surface area contributed by atoms with Crippen LogP contribution in [0.25, 0.3) is 0 Å². The lowest BCUT2D eigenvalue weighted by atomic mass is 10.2. The second kappa shape index (κ2) is 29.9. The zero-order valence-corrected chi connectivity index (χ0v) is 30.4. The van der Waals surface area contributed by atoms with Crippen LogP contribution < -0.4 is 5.90 Å². The maximum Gasteiger partial charge on any atom is 0.338 e. The van der Waals surface area contributed by atoms with Gasteiger partial charge < -0.3 is 24.2 Å². The first-order valence-electron chi connectivity index (χ1n) is 14.6. The Balaban J connectivity index is -0.000000539. The summed E-state index contributed by atoms with van der Waals surface area (Å²) in [5.41, 5.74) is 1.88. The molecule has 280 valence electrons. The topological polar surface area (TPSA) is 274 Å². The van der Waals surface area contributed by atoms with Gasteiger partial charge in [0.15, 0.2) is 0 Å². The van der Waals surface area contributed by atoms with Crippen LogP contribution in [-0.2, 0) is 19.2 Å². The van der Waals surface area contributed by atoms with Gasteiger partial charge in [-0.25, -0.2) is 25.6 Å². The smallest absolute Gasteiger partial charge is 0.338 e. The molecule has 19 heteroatoms. The van der Waals surface area contributed by atoms with Gasteiger partial charge in [0, 0.05) is 63.2 Å². The van der Waals surface area contributed by atoms with E-state index >= 15 is 0 Å². The summed E-state index contributed by atoms with van der Waals surface area (Å²) in [6, 6.07) is 3.59. The van der Waals surface area contributed by atoms with Gasteiger partial charge in [0.1, 0.15) is 47.9 Å². The molecule has 51 heavy (non-hydrogen) atoms. The van der Waals surface area contributed by atoms with Crippen molar-refractivity contribution in [3.8, 4) is 0 Å². The van der Waals surface area contributed by atoms with Crippen molar-refractivity contribution < 1.29 is 48.1 Å². The molecule has 0 radical (unpaired) electrons. The molecule has 5 aromatic heterocycles. The van der Waals surface area contributed by atoms with Crippen LogP contribution in [0.2, 0.25) is 0 Å². The average Bonchev–Trinajstić information content (AvgIpc) is 3.87. The number of carboxylic acids is 1. The molecule has 0 aliphatic heterocycles.